The van der Waals surface area contributed by atoms with E-state index in [-0.39, 0.29) is 0 Å². The Morgan fingerprint density at radius 3 is 2.80 bits per heavy atom. The van der Waals surface area contributed by atoms with Crippen LogP contribution in [0.4, 0.5) is 4.39 Å². The van der Waals surface area contributed by atoms with Crippen LogP contribution in [0.1, 0.15) is 11.7 Å². The molecule has 0 saturated carbocycles. The Morgan fingerprint density at radius 2 is 2.27 bits per heavy atom. The molecular formula is C10H13BrFNO2. The predicted octanol–water partition coefficient (Wildman–Crippen LogP) is 1.85. The Kier molecular flexibility index (Phi) is 4.50. The molecule has 1 aromatic rings. The second-order valence-electron chi connectivity index (χ2n) is 3.08. The van der Waals surface area contributed by atoms with E-state index in [1.807, 2.05) is 0 Å². The molecule has 0 saturated heterocycles. The fourth-order valence-corrected chi connectivity index (χ4v) is 1.96. The largest absolute Gasteiger partial charge is 0.495 e. The molecule has 5 heteroatoms. The van der Waals surface area contributed by atoms with Gasteiger partial charge in [0.05, 0.1) is 17.7 Å². The van der Waals surface area contributed by atoms with Crippen molar-refractivity contribution < 1.29 is 14.2 Å². The topological polar surface area (TPSA) is 41.5 Å². The van der Waals surface area contributed by atoms with Crippen molar-refractivity contribution in [2.75, 3.05) is 20.7 Å². The van der Waals surface area contributed by atoms with Crippen LogP contribution in [0.25, 0.3) is 0 Å². The van der Waals surface area contributed by atoms with Gasteiger partial charge < -0.3 is 15.2 Å². The molecule has 0 amide bonds. The fraction of sp³-hybridized carbons (Fsp3) is 0.400. The van der Waals surface area contributed by atoms with Gasteiger partial charge in [-0.15, -0.1) is 0 Å². The van der Waals surface area contributed by atoms with Gasteiger partial charge in [-0.3, -0.25) is 0 Å². The van der Waals surface area contributed by atoms with E-state index in [2.05, 4.69) is 21.2 Å². The molecule has 0 bridgehead atoms. The first-order valence-corrected chi connectivity index (χ1v) is 5.25. The minimum absolute atomic E-state index is 0.340. The third kappa shape index (κ3) is 2.90. The Morgan fingerprint density at radius 1 is 1.60 bits per heavy atom. The second-order valence-corrected chi connectivity index (χ2v) is 3.94. The van der Waals surface area contributed by atoms with Crippen LogP contribution in [0, 0.1) is 5.82 Å². The number of benzene rings is 1. The van der Waals surface area contributed by atoms with Gasteiger partial charge in [0.25, 0.3) is 0 Å². The van der Waals surface area contributed by atoms with E-state index in [0.717, 1.165) is 0 Å². The SMILES string of the molecule is CNCC(O)c1cc(F)cc(Br)c1OC. The number of likely N-dealkylation sites (N-methyl/N-ethyl adjacent to an activating group) is 1. The summed E-state index contributed by atoms with van der Waals surface area (Å²) in [7, 11) is 3.19. The summed E-state index contributed by atoms with van der Waals surface area (Å²) in [6.45, 7) is 0.340. The molecule has 0 spiro atoms. The highest BCUT2D eigenvalue weighted by Gasteiger charge is 2.16. The maximum Gasteiger partial charge on any atom is 0.139 e. The number of methoxy groups -OCH3 is 1. The van der Waals surface area contributed by atoms with Gasteiger partial charge in [0.15, 0.2) is 0 Å². The molecule has 0 aliphatic heterocycles. The molecule has 2 N–H and O–H groups in total. The average Bonchev–Trinajstić information content (AvgIpc) is 2.17. The van der Waals surface area contributed by atoms with E-state index in [0.29, 0.717) is 22.3 Å². The lowest BCUT2D eigenvalue weighted by molar-refractivity contribution is 0.172. The van der Waals surface area contributed by atoms with Crippen LogP contribution < -0.4 is 10.1 Å². The first-order valence-electron chi connectivity index (χ1n) is 4.45. The van der Waals surface area contributed by atoms with E-state index in [1.54, 1.807) is 7.05 Å². The van der Waals surface area contributed by atoms with Gasteiger partial charge in [0.1, 0.15) is 11.6 Å². The van der Waals surface area contributed by atoms with Gasteiger partial charge in [0, 0.05) is 12.1 Å². The zero-order chi connectivity index (χ0) is 11.4. The maximum absolute atomic E-state index is 13.1. The van der Waals surface area contributed by atoms with Crippen molar-refractivity contribution in [2.24, 2.45) is 0 Å². The molecule has 0 aliphatic carbocycles. The first-order chi connectivity index (χ1) is 7.10. The summed E-state index contributed by atoms with van der Waals surface area (Å²) in [6.07, 6.45) is -0.794. The molecular weight excluding hydrogens is 265 g/mol. The minimum Gasteiger partial charge on any atom is -0.495 e. The number of aliphatic hydroxyl groups excluding tert-OH is 1. The summed E-state index contributed by atoms with van der Waals surface area (Å²) < 4.78 is 18.7. The van der Waals surface area contributed by atoms with E-state index in [4.69, 9.17) is 4.74 Å². The third-order valence-corrected chi connectivity index (χ3v) is 2.59. The number of hydrogen-bond acceptors (Lipinski definition) is 3. The highest BCUT2D eigenvalue weighted by molar-refractivity contribution is 9.10. The number of rotatable bonds is 4. The summed E-state index contributed by atoms with van der Waals surface area (Å²) in [5.41, 5.74) is 0.429. The average molecular weight is 278 g/mol. The van der Waals surface area contributed by atoms with Crippen molar-refractivity contribution in [3.05, 3.63) is 28.0 Å². The summed E-state index contributed by atoms with van der Waals surface area (Å²) in [5, 5.41) is 12.6. The smallest absolute Gasteiger partial charge is 0.139 e. The molecule has 0 heterocycles. The molecule has 84 valence electrons. The maximum atomic E-state index is 13.1. The summed E-state index contributed by atoms with van der Waals surface area (Å²) >= 11 is 3.18. The van der Waals surface area contributed by atoms with Gasteiger partial charge in [0.2, 0.25) is 0 Å². The van der Waals surface area contributed by atoms with Crippen molar-refractivity contribution in [1.82, 2.24) is 5.32 Å². The summed E-state index contributed by atoms with van der Waals surface area (Å²) in [5.74, 6) is 0.0481. The van der Waals surface area contributed by atoms with Crippen molar-refractivity contribution >= 4 is 15.9 Å². The van der Waals surface area contributed by atoms with Crippen LogP contribution in [0.5, 0.6) is 5.75 Å². The van der Waals surface area contributed by atoms with E-state index in [1.165, 1.54) is 19.2 Å². The standard InChI is InChI=1S/C10H13BrFNO2/c1-13-5-9(14)7-3-6(12)4-8(11)10(7)15-2/h3-4,9,13-14H,5H2,1-2H3. The fourth-order valence-electron chi connectivity index (χ4n) is 1.35. The molecule has 1 unspecified atom stereocenters. The molecule has 15 heavy (non-hydrogen) atoms. The molecule has 1 atom stereocenters. The number of hydrogen-bond donors (Lipinski definition) is 2. The Hall–Kier alpha value is -0.650. The number of aliphatic hydroxyl groups is 1. The normalized spacial score (nSPS) is 12.6. The van der Waals surface area contributed by atoms with Gasteiger partial charge in [-0.2, -0.15) is 0 Å². The lowest BCUT2D eigenvalue weighted by Gasteiger charge is -2.15. The van der Waals surface area contributed by atoms with Crippen LogP contribution >= 0.6 is 15.9 Å². The van der Waals surface area contributed by atoms with Crippen LogP contribution in [0.15, 0.2) is 16.6 Å². The van der Waals surface area contributed by atoms with Gasteiger partial charge in [-0.1, -0.05) is 0 Å². The third-order valence-electron chi connectivity index (χ3n) is 2.00. The highest BCUT2D eigenvalue weighted by Crippen LogP contribution is 2.33. The van der Waals surface area contributed by atoms with Crippen molar-refractivity contribution in [1.29, 1.82) is 0 Å². The van der Waals surface area contributed by atoms with Crippen LogP contribution in [0.2, 0.25) is 0 Å². The molecule has 0 fully saturated rings. The lowest BCUT2D eigenvalue weighted by atomic mass is 10.1. The minimum atomic E-state index is -0.794. The lowest BCUT2D eigenvalue weighted by Crippen LogP contribution is -2.17. The monoisotopic (exact) mass is 277 g/mol. The van der Waals surface area contributed by atoms with Gasteiger partial charge in [-0.25, -0.2) is 4.39 Å². The van der Waals surface area contributed by atoms with E-state index in [9.17, 15) is 9.50 Å². The molecule has 3 nitrogen and oxygen atoms in total. The van der Waals surface area contributed by atoms with E-state index < -0.39 is 11.9 Å². The number of halogens is 2. The zero-order valence-electron chi connectivity index (χ0n) is 8.55. The predicted molar refractivity (Wildman–Crippen MR) is 59.5 cm³/mol. The summed E-state index contributed by atoms with van der Waals surface area (Å²) in [4.78, 5) is 0. The molecule has 1 aromatic carbocycles. The molecule has 0 aromatic heterocycles. The van der Waals surface area contributed by atoms with Gasteiger partial charge >= 0.3 is 0 Å². The van der Waals surface area contributed by atoms with E-state index >= 15 is 0 Å². The van der Waals surface area contributed by atoms with Crippen molar-refractivity contribution in [3.63, 3.8) is 0 Å². The second kappa shape index (κ2) is 5.44. The van der Waals surface area contributed by atoms with Crippen LogP contribution in [-0.4, -0.2) is 25.8 Å². The Labute approximate surface area is 96.4 Å². The Balaban J connectivity index is 3.13. The Bertz CT molecular complexity index is 346. The quantitative estimate of drug-likeness (QED) is 0.883. The van der Waals surface area contributed by atoms with Crippen molar-refractivity contribution in [3.8, 4) is 5.75 Å². The summed E-state index contributed by atoms with van der Waals surface area (Å²) in [6, 6.07) is 2.57. The number of nitrogens with one attached hydrogen (secondary N) is 1. The zero-order valence-corrected chi connectivity index (χ0v) is 10.1. The number of ether oxygens (including phenoxy) is 1. The van der Waals surface area contributed by atoms with Crippen molar-refractivity contribution in [2.45, 2.75) is 6.10 Å². The van der Waals surface area contributed by atoms with Crippen LogP contribution in [-0.2, 0) is 0 Å². The highest BCUT2D eigenvalue weighted by atomic mass is 79.9. The van der Waals surface area contributed by atoms with Gasteiger partial charge in [-0.05, 0) is 35.1 Å². The van der Waals surface area contributed by atoms with Crippen LogP contribution in [0.3, 0.4) is 0 Å². The molecule has 0 aliphatic rings. The first kappa shape index (κ1) is 12.4. The molecule has 1 rings (SSSR count). The molecule has 0 radical (unpaired) electrons.